The normalized spacial score (nSPS) is 47.4. The molecular weight excluding hydrogens is 340 g/mol. The molecule has 0 aliphatic carbocycles. The summed E-state index contributed by atoms with van der Waals surface area (Å²) in [7, 11) is 0. The van der Waals surface area contributed by atoms with Crippen molar-refractivity contribution in [1.29, 1.82) is 0 Å². The standard InChI is InChI=1S/C14H26O8.CO2/c1-5-9(16)11(18)8(4-15)21-14(5)22-13-7(3)20-6(2)10(17)12(13)19;2-1-3/h5-19H,4H2,1-3H3;/t5?,6-,7?,8?,9+,10?,11+,12-,13+,14-;/m0./s1. The van der Waals surface area contributed by atoms with Crippen LogP contribution in [0.2, 0.25) is 0 Å². The number of carbonyl (C=O) groups excluding carboxylic acids is 2. The zero-order chi connectivity index (χ0) is 19.3. The second kappa shape index (κ2) is 9.67. The highest BCUT2D eigenvalue weighted by atomic mass is 16.7. The maximum absolute atomic E-state index is 10.2. The van der Waals surface area contributed by atoms with Gasteiger partial charge in [-0.1, -0.05) is 6.92 Å². The van der Waals surface area contributed by atoms with E-state index in [9.17, 15) is 25.5 Å². The third-order valence-corrected chi connectivity index (χ3v) is 4.54. The Balaban J connectivity index is 0.000000970. The summed E-state index contributed by atoms with van der Waals surface area (Å²) in [4.78, 5) is 16.2. The summed E-state index contributed by atoms with van der Waals surface area (Å²) < 4.78 is 16.7. The Bertz CT molecular complexity index is 438. The number of aliphatic hydroxyl groups is 5. The number of hydrogen-bond donors (Lipinski definition) is 5. The fourth-order valence-corrected chi connectivity index (χ4v) is 2.97. The lowest BCUT2D eigenvalue weighted by Gasteiger charge is -2.46. The Morgan fingerprint density at radius 1 is 0.880 bits per heavy atom. The van der Waals surface area contributed by atoms with E-state index in [-0.39, 0.29) is 6.15 Å². The predicted octanol–water partition coefficient (Wildman–Crippen LogP) is -2.61. The van der Waals surface area contributed by atoms with Gasteiger partial charge in [-0.05, 0) is 13.8 Å². The molecule has 4 unspecified atom stereocenters. The van der Waals surface area contributed by atoms with Crippen LogP contribution in [0.15, 0.2) is 0 Å². The van der Waals surface area contributed by atoms with E-state index in [1.165, 1.54) is 0 Å². The molecule has 0 amide bonds. The molecule has 2 aliphatic heterocycles. The first-order valence-electron chi connectivity index (χ1n) is 7.98. The summed E-state index contributed by atoms with van der Waals surface area (Å²) >= 11 is 0. The number of rotatable bonds is 3. The quantitative estimate of drug-likeness (QED) is 0.358. The highest BCUT2D eigenvalue weighted by Gasteiger charge is 2.47. The van der Waals surface area contributed by atoms with Gasteiger partial charge in [0.2, 0.25) is 0 Å². The maximum atomic E-state index is 10.2. The summed E-state index contributed by atoms with van der Waals surface area (Å²) in [6.45, 7) is 4.52. The van der Waals surface area contributed by atoms with Crippen LogP contribution in [0.25, 0.3) is 0 Å². The van der Waals surface area contributed by atoms with Gasteiger partial charge in [-0.2, -0.15) is 9.59 Å². The molecular formula is C15H26O10. The lowest BCUT2D eigenvalue weighted by atomic mass is 9.91. The molecule has 0 saturated carbocycles. The lowest BCUT2D eigenvalue weighted by molar-refractivity contribution is -0.326. The van der Waals surface area contributed by atoms with Gasteiger partial charge in [0.25, 0.3) is 0 Å². The third kappa shape index (κ3) is 5.04. The molecule has 2 saturated heterocycles. The Morgan fingerprint density at radius 3 is 1.96 bits per heavy atom. The summed E-state index contributed by atoms with van der Waals surface area (Å²) in [6, 6.07) is 0. The van der Waals surface area contributed by atoms with Gasteiger partial charge < -0.3 is 39.7 Å². The van der Waals surface area contributed by atoms with Gasteiger partial charge in [-0.3, -0.25) is 0 Å². The fraction of sp³-hybridized carbons (Fsp3) is 0.933. The molecule has 2 heterocycles. The van der Waals surface area contributed by atoms with Crippen molar-refractivity contribution in [2.24, 2.45) is 5.92 Å². The first-order valence-corrected chi connectivity index (χ1v) is 7.98. The molecule has 0 radical (unpaired) electrons. The molecule has 2 rings (SSSR count). The van der Waals surface area contributed by atoms with Gasteiger partial charge in [-0.15, -0.1) is 0 Å². The van der Waals surface area contributed by atoms with Gasteiger partial charge >= 0.3 is 6.15 Å². The molecule has 0 aromatic rings. The average molecular weight is 366 g/mol. The molecule has 0 bridgehead atoms. The minimum atomic E-state index is -1.21. The van der Waals surface area contributed by atoms with Crippen LogP contribution in [0, 0.1) is 5.92 Å². The van der Waals surface area contributed by atoms with Crippen molar-refractivity contribution in [3.63, 3.8) is 0 Å². The van der Waals surface area contributed by atoms with Crippen LogP contribution in [0.3, 0.4) is 0 Å². The zero-order valence-electron chi connectivity index (χ0n) is 14.3. The monoisotopic (exact) mass is 366 g/mol. The molecule has 0 aromatic heterocycles. The van der Waals surface area contributed by atoms with Crippen LogP contribution in [-0.2, 0) is 23.8 Å². The minimum Gasteiger partial charge on any atom is -0.394 e. The van der Waals surface area contributed by atoms with Crippen LogP contribution < -0.4 is 0 Å². The molecule has 0 spiro atoms. The largest absolute Gasteiger partial charge is 0.394 e. The molecule has 10 heteroatoms. The van der Waals surface area contributed by atoms with E-state index in [0.717, 1.165) is 0 Å². The molecule has 25 heavy (non-hydrogen) atoms. The van der Waals surface area contributed by atoms with Crippen molar-refractivity contribution in [3.8, 4) is 0 Å². The second-order valence-corrected chi connectivity index (χ2v) is 6.28. The lowest BCUT2D eigenvalue weighted by Crippen LogP contribution is -2.61. The third-order valence-electron chi connectivity index (χ3n) is 4.54. The van der Waals surface area contributed by atoms with Crippen molar-refractivity contribution >= 4 is 6.15 Å². The summed E-state index contributed by atoms with van der Waals surface area (Å²) in [6.07, 6.45) is -8.12. The van der Waals surface area contributed by atoms with Crippen molar-refractivity contribution < 1.29 is 49.3 Å². The Morgan fingerprint density at radius 2 is 1.44 bits per heavy atom. The number of ether oxygens (including phenoxy) is 3. The zero-order valence-corrected chi connectivity index (χ0v) is 14.3. The summed E-state index contributed by atoms with van der Waals surface area (Å²) in [5, 5.41) is 49.1. The van der Waals surface area contributed by atoms with Gasteiger partial charge in [-0.25, -0.2) is 0 Å². The Kier molecular flexibility index (Phi) is 8.55. The van der Waals surface area contributed by atoms with E-state index in [1.54, 1.807) is 20.8 Å². The van der Waals surface area contributed by atoms with Crippen molar-refractivity contribution in [2.75, 3.05) is 6.61 Å². The second-order valence-electron chi connectivity index (χ2n) is 6.28. The van der Waals surface area contributed by atoms with Gasteiger partial charge in [0.15, 0.2) is 6.29 Å². The average Bonchev–Trinajstić information content (AvgIpc) is 2.57. The Hall–Kier alpha value is -0.940. The molecule has 0 aromatic carbocycles. The van der Waals surface area contributed by atoms with E-state index in [0.29, 0.717) is 0 Å². The van der Waals surface area contributed by atoms with Crippen molar-refractivity contribution in [1.82, 2.24) is 0 Å². The first kappa shape index (κ1) is 22.1. The highest BCUT2D eigenvalue weighted by Crippen LogP contribution is 2.31. The van der Waals surface area contributed by atoms with Crippen LogP contribution in [0.4, 0.5) is 0 Å². The van der Waals surface area contributed by atoms with Gasteiger partial charge in [0.1, 0.15) is 30.5 Å². The van der Waals surface area contributed by atoms with E-state index < -0.39 is 67.6 Å². The van der Waals surface area contributed by atoms with Crippen LogP contribution in [-0.4, -0.2) is 93.4 Å². The van der Waals surface area contributed by atoms with Crippen molar-refractivity contribution in [2.45, 2.75) is 75.9 Å². The molecule has 2 fully saturated rings. The number of hydrogen-bond acceptors (Lipinski definition) is 10. The van der Waals surface area contributed by atoms with Gasteiger partial charge in [0.05, 0.1) is 24.9 Å². The number of aliphatic hydroxyl groups excluding tert-OH is 5. The molecule has 10 nitrogen and oxygen atoms in total. The molecule has 5 N–H and O–H groups in total. The van der Waals surface area contributed by atoms with E-state index in [2.05, 4.69) is 0 Å². The SMILES string of the molecule is CC1[C@H](O[C@@H]2C(C)O[C@@H](C)C(O)[C@@H]2O)OC(CO)[C@@H](O)[C@@H]1O.O=C=O. The highest BCUT2D eigenvalue weighted by molar-refractivity contribution is 5.20. The van der Waals surface area contributed by atoms with E-state index >= 15 is 0 Å². The minimum absolute atomic E-state index is 0.250. The summed E-state index contributed by atoms with van der Waals surface area (Å²) in [5.74, 6) is -0.575. The predicted molar refractivity (Wildman–Crippen MR) is 78.8 cm³/mol. The van der Waals surface area contributed by atoms with Crippen molar-refractivity contribution in [3.05, 3.63) is 0 Å². The van der Waals surface area contributed by atoms with Crippen LogP contribution >= 0.6 is 0 Å². The van der Waals surface area contributed by atoms with E-state index in [1.807, 2.05) is 0 Å². The molecule has 10 atom stereocenters. The topological polar surface area (TPSA) is 163 Å². The maximum Gasteiger partial charge on any atom is 0.373 e. The first-order chi connectivity index (χ1) is 11.7. The summed E-state index contributed by atoms with van der Waals surface area (Å²) in [5.41, 5.74) is 0. The van der Waals surface area contributed by atoms with Crippen LogP contribution in [0.1, 0.15) is 20.8 Å². The van der Waals surface area contributed by atoms with Gasteiger partial charge in [0, 0.05) is 5.92 Å². The molecule has 146 valence electrons. The Labute approximate surface area is 144 Å². The van der Waals surface area contributed by atoms with Crippen LogP contribution in [0.5, 0.6) is 0 Å². The fourth-order valence-electron chi connectivity index (χ4n) is 2.97. The smallest absolute Gasteiger partial charge is 0.373 e. The molecule has 2 aliphatic rings. The van der Waals surface area contributed by atoms with E-state index in [4.69, 9.17) is 23.8 Å².